The first kappa shape index (κ1) is 15.2. The predicted octanol–water partition coefficient (Wildman–Crippen LogP) is 5.82. The fourth-order valence-electron chi connectivity index (χ4n) is 1.59. The summed E-state index contributed by atoms with van der Waals surface area (Å²) >= 11 is 0. The normalized spacial score (nSPS) is 11.6. The molecule has 0 aliphatic heterocycles. The largest absolute Gasteiger partial charge is 0.103 e. The van der Waals surface area contributed by atoms with E-state index in [-0.39, 0.29) is 0 Å². The maximum atomic E-state index is 3.73. The Bertz CT molecular complexity index is 186. The van der Waals surface area contributed by atoms with Crippen LogP contribution in [0.2, 0.25) is 0 Å². The third-order valence-corrected chi connectivity index (χ3v) is 2.64. The Balaban J connectivity index is 3.17. The highest BCUT2D eigenvalue weighted by molar-refractivity contribution is 5.02. The van der Waals surface area contributed by atoms with Crippen LogP contribution in [0.15, 0.2) is 37.0 Å². The van der Waals surface area contributed by atoms with Crippen molar-refractivity contribution < 1.29 is 0 Å². The first-order valence-corrected chi connectivity index (χ1v) is 6.84. The molecule has 0 nitrogen and oxygen atoms in total. The second-order valence-electron chi connectivity index (χ2n) is 4.28. The fourth-order valence-corrected chi connectivity index (χ4v) is 1.59. The molecular weight excluding hydrogens is 192 g/mol. The summed E-state index contributed by atoms with van der Waals surface area (Å²) in [5, 5.41) is 0. The van der Waals surface area contributed by atoms with E-state index in [2.05, 4.69) is 37.8 Å². The molecule has 0 radical (unpaired) electrons. The molecular formula is C16H28. The lowest BCUT2D eigenvalue weighted by Crippen LogP contribution is -1.74. The summed E-state index contributed by atoms with van der Waals surface area (Å²) in [5.74, 6) is 0. The average molecular weight is 220 g/mol. The van der Waals surface area contributed by atoms with Gasteiger partial charge in [0.1, 0.15) is 0 Å². The van der Waals surface area contributed by atoms with Crippen molar-refractivity contribution in [3.8, 4) is 0 Å². The lowest BCUT2D eigenvalue weighted by molar-refractivity contribution is 0.696. The highest BCUT2D eigenvalue weighted by Gasteiger charge is 1.84. The van der Waals surface area contributed by atoms with Gasteiger partial charge in [0.15, 0.2) is 0 Å². The topological polar surface area (TPSA) is 0 Å². The molecule has 0 aliphatic carbocycles. The molecule has 0 bridgehead atoms. The Morgan fingerprint density at radius 2 is 1.31 bits per heavy atom. The molecule has 0 saturated carbocycles. The minimum absolute atomic E-state index is 1.17. The van der Waals surface area contributed by atoms with Crippen LogP contribution in [-0.2, 0) is 0 Å². The third kappa shape index (κ3) is 13.2. The molecule has 0 aromatic carbocycles. The van der Waals surface area contributed by atoms with Gasteiger partial charge in [0, 0.05) is 0 Å². The molecule has 16 heavy (non-hydrogen) atoms. The first-order chi connectivity index (χ1) is 7.91. The number of allylic oxidation sites excluding steroid dienone is 5. The van der Waals surface area contributed by atoms with Crippen LogP contribution >= 0.6 is 0 Å². The summed E-state index contributed by atoms with van der Waals surface area (Å²) in [6.07, 6.45) is 22.5. The molecule has 0 rings (SSSR count). The van der Waals surface area contributed by atoms with Crippen LogP contribution in [-0.4, -0.2) is 0 Å². The van der Waals surface area contributed by atoms with Crippen molar-refractivity contribution in [3.05, 3.63) is 37.0 Å². The molecule has 0 amide bonds. The van der Waals surface area contributed by atoms with E-state index in [9.17, 15) is 0 Å². The van der Waals surface area contributed by atoms with Gasteiger partial charge in [-0.2, -0.15) is 0 Å². The Morgan fingerprint density at radius 3 is 1.88 bits per heavy atom. The van der Waals surface area contributed by atoms with E-state index in [4.69, 9.17) is 0 Å². The number of hydrogen-bond acceptors (Lipinski definition) is 0. The Labute approximate surface area is 102 Å². The van der Waals surface area contributed by atoms with Crippen molar-refractivity contribution in [1.29, 1.82) is 0 Å². The molecule has 0 aromatic heterocycles. The van der Waals surface area contributed by atoms with Crippen molar-refractivity contribution >= 4 is 0 Å². The fraction of sp³-hybridized carbons (Fsp3) is 0.625. The Kier molecular flexibility index (Phi) is 13.5. The van der Waals surface area contributed by atoms with Crippen molar-refractivity contribution in [2.45, 2.75) is 64.7 Å². The molecule has 0 N–H and O–H groups in total. The van der Waals surface area contributed by atoms with Crippen LogP contribution in [0.4, 0.5) is 0 Å². The van der Waals surface area contributed by atoms with Crippen LogP contribution in [0.25, 0.3) is 0 Å². The molecule has 0 aliphatic rings. The van der Waals surface area contributed by atoms with E-state index in [0.29, 0.717) is 0 Å². The molecule has 0 atom stereocenters. The number of rotatable bonds is 11. The van der Waals surface area contributed by atoms with Crippen LogP contribution < -0.4 is 0 Å². The lowest BCUT2D eigenvalue weighted by atomic mass is 10.1. The summed E-state index contributed by atoms with van der Waals surface area (Å²) in [7, 11) is 0. The van der Waals surface area contributed by atoms with E-state index in [1.807, 2.05) is 6.08 Å². The van der Waals surface area contributed by atoms with Crippen molar-refractivity contribution in [1.82, 2.24) is 0 Å². The van der Waals surface area contributed by atoms with Crippen molar-refractivity contribution in [2.75, 3.05) is 0 Å². The van der Waals surface area contributed by atoms with Gasteiger partial charge in [-0.05, 0) is 38.5 Å². The monoisotopic (exact) mass is 220 g/mol. The van der Waals surface area contributed by atoms with E-state index in [0.717, 1.165) is 0 Å². The van der Waals surface area contributed by atoms with Gasteiger partial charge in [-0.15, -0.1) is 6.58 Å². The van der Waals surface area contributed by atoms with E-state index < -0.39 is 0 Å². The smallest absolute Gasteiger partial charge is 0.0348 e. The molecule has 92 valence electrons. The van der Waals surface area contributed by atoms with E-state index in [1.165, 1.54) is 57.8 Å². The maximum absolute atomic E-state index is 3.73. The molecule has 0 aromatic rings. The van der Waals surface area contributed by atoms with Crippen LogP contribution in [0.3, 0.4) is 0 Å². The van der Waals surface area contributed by atoms with Crippen LogP contribution in [0.5, 0.6) is 0 Å². The van der Waals surface area contributed by atoms with Crippen LogP contribution in [0, 0.1) is 0 Å². The molecule has 0 spiro atoms. The van der Waals surface area contributed by atoms with Gasteiger partial charge in [0.25, 0.3) is 0 Å². The summed E-state index contributed by atoms with van der Waals surface area (Å²) in [6.45, 7) is 5.97. The van der Waals surface area contributed by atoms with Gasteiger partial charge in [-0.25, -0.2) is 0 Å². The van der Waals surface area contributed by atoms with Crippen molar-refractivity contribution in [2.24, 2.45) is 0 Å². The Hall–Kier alpha value is -0.780. The van der Waals surface area contributed by atoms with Gasteiger partial charge < -0.3 is 0 Å². The minimum Gasteiger partial charge on any atom is -0.103 e. The lowest BCUT2D eigenvalue weighted by Gasteiger charge is -1.93. The summed E-state index contributed by atoms with van der Waals surface area (Å²) in [5.41, 5.74) is 0. The minimum atomic E-state index is 1.17. The highest BCUT2D eigenvalue weighted by atomic mass is 13.9. The third-order valence-electron chi connectivity index (χ3n) is 2.64. The summed E-state index contributed by atoms with van der Waals surface area (Å²) in [6, 6.07) is 0. The zero-order valence-electron chi connectivity index (χ0n) is 11.0. The van der Waals surface area contributed by atoms with Crippen LogP contribution in [0.1, 0.15) is 64.7 Å². The molecule has 0 saturated heterocycles. The molecule has 0 fully saturated rings. The number of unbranched alkanes of at least 4 members (excludes halogenated alkanes) is 7. The summed E-state index contributed by atoms with van der Waals surface area (Å²) < 4.78 is 0. The quantitative estimate of drug-likeness (QED) is 0.234. The average Bonchev–Trinajstić information content (AvgIpc) is 2.31. The van der Waals surface area contributed by atoms with Gasteiger partial charge in [-0.1, -0.05) is 56.6 Å². The van der Waals surface area contributed by atoms with Crippen molar-refractivity contribution in [3.63, 3.8) is 0 Å². The SMILES string of the molecule is C=CCCCCCC=CC=CCCCCC. The van der Waals surface area contributed by atoms with E-state index >= 15 is 0 Å². The second kappa shape index (κ2) is 14.2. The predicted molar refractivity (Wildman–Crippen MR) is 75.7 cm³/mol. The molecule has 0 heteroatoms. The number of hydrogen-bond donors (Lipinski definition) is 0. The second-order valence-corrected chi connectivity index (χ2v) is 4.28. The Morgan fingerprint density at radius 1 is 0.750 bits per heavy atom. The highest BCUT2D eigenvalue weighted by Crippen LogP contribution is 2.04. The van der Waals surface area contributed by atoms with Gasteiger partial charge in [0.2, 0.25) is 0 Å². The van der Waals surface area contributed by atoms with Gasteiger partial charge >= 0.3 is 0 Å². The van der Waals surface area contributed by atoms with E-state index in [1.54, 1.807) is 0 Å². The first-order valence-electron chi connectivity index (χ1n) is 6.84. The zero-order valence-corrected chi connectivity index (χ0v) is 11.0. The zero-order chi connectivity index (χ0) is 11.9. The molecule has 0 unspecified atom stereocenters. The standard InChI is InChI=1S/C16H28/c1-3-5-7-9-11-13-15-16-14-12-10-8-6-4-2/h3,12,14-16H,1,4-11,13H2,2H3. The molecule has 0 heterocycles. The van der Waals surface area contributed by atoms with Gasteiger partial charge in [0.05, 0.1) is 0 Å². The maximum Gasteiger partial charge on any atom is -0.0348 e. The summed E-state index contributed by atoms with van der Waals surface area (Å²) in [4.78, 5) is 0. The van der Waals surface area contributed by atoms with Gasteiger partial charge in [-0.3, -0.25) is 0 Å².